The van der Waals surface area contributed by atoms with Crippen LogP contribution in [0.5, 0.6) is 11.6 Å². The third-order valence-electron chi connectivity index (χ3n) is 9.91. The number of fused-ring (bicyclic) bond motifs is 2. The molecular formula is C33H38FNO2. The topological polar surface area (TPSA) is 31.4 Å². The number of benzene rings is 2. The lowest BCUT2D eigenvalue weighted by Gasteiger charge is -2.46. The van der Waals surface area contributed by atoms with Crippen molar-refractivity contribution in [1.82, 2.24) is 4.98 Å². The first-order valence-corrected chi connectivity index (χ1v) is 13.9. The normalized spacial score (nSPS) is 25.6. The number of pyridine rings is 1. The van der Waals surface area contributed by atoms with E-state index in [0.717, 1.165) is 29.2 Å². The zero-order valence-corrected chi connectivity index (χ0v) is 22.6. The molecule has 1 heterocycles. The van der Waals surface area contributed by atoms with E-state index in [1.54, 1.807) is 13.2 Å². The minimum absolute atomic E-state index is 0.162. The van der Waals surface area contributed by atoms with Crippen LogP contribution in [0.4, 0.5) is 4.39 Å². The Balaban J connectivity index is 1.31. The van der Waals surface area contributed by atoms with E-state index in [1.165, 1.54) is 61.4 Å². The lowest BCUT2D eigenvalue weighted by atomic mass is 9.58. The standard InChI is InChI=1S/C33H38FNO2/c1-21-11-14-33(21)15-12-23-8-9-24(17-29(23)33)37-20-22-7-10-25(27-18-31(36-4)35-19-30(27)34)26(16-22)28-6-5-13-32(28,2)3/h7-10,16-19,21,28H,5-6,11-15,20H2,1-4H3/t21-,28-,33-/m0/s1. The van der Waals surface area contributed by atoms with Crippen molar-refractivity contribution in [2.24, 2.45) is 11.3 Å². The van der Waals surface area contributed by atoms with E-state index in [-0.39, 0.29) is 11.2 Å². The van der Waals surface area contributed by atoms with Crippen molar-refractivity contribution in [1.29, 1.82) is 0 Å². The number of rotatable bonds is 6. The lowest BCUT2D eigenvalue weighted by Crippen LogP contribution is -2.40. The molecule has 2 fully saturated rings. The van der Waals surface area contributed by atoms with Crippen LogP contribution in [0, 0.1) is 17.2 Å². The van der Waals surface area contributed by atoms with Crippen LogP contribution in [0.3, 0.4) is 0 Å². The zero-order valence-electron chi connectivity index (χ0n) is 22.6. The van der Waals surface area contributed by atoms with Gasteiger partial charge < -0.3 is 9.47 Å². The summed E-state index contributed by atoms with van der Waals surface area (Å²) in [5.41, 5.74) is 7.37. The van der Waals surface area contributed by atoms with Gasteiger partial charge in [0.15, 0.2) is 0 Å². The smallest absolute Gasteiger partial charge is 0.213 e. The second-order valence-corrected chi connectivity index (χ2v) is 12.3. The molecule has 3 nitrogen and oxygen atoms in total. The summed E-state index contributed by atoms with van der Waals surface area (Å²) >= 11 is 0. The number of aromatic nitrogens is 1. The molecule has 3 aliphatic rings. The summed E-state index contributed by atoms with van der Waals surface area (Å²) in [5.74, 6) is 2.19. The fraction of sp³-hybridized carbons (Fsp3) is 0.485. The molecule has 3 aliphatic carbocycles. The van der Waals surface area contributed by atoms with E-state index in [1.807, 2.05) is 0 Å². The van der Waals surface area contributed by atoms with Crippen LogP contribution in [0.2, 0.25) is 0 Å². The average Bonchev–Trinajstić information content (AvgIpc) is 3.47. The van der Waals surface area contributed by atoms with Gasteiger partial charge in [0.2, 0.25) is 5.88 Å². The summed E-state index contributed by atoms with van der Waals surface area (Å²) in [6.07, 6.45) is 9.86. The van der Waals surface area contributed by atoms with Gasteiger partial charge in [-0.25, -0.2) is 9.37 Å². The first-order valence-electron chi connectivity index (χ1n) is 13.9. The van der Waals surface area contributed by atoms with E-state index in [4.69, 9.17) is 9.47 Å². The summed E-state index contributed by atoms with van der Waals surface area (Å²) in [6.45, 7) is 7.58. The van der Waals surface area contributed by atoms with Gasteiger partial charge in [0, 0.05) is 11.6 Å². The van der Waals surface area contributed by atoms with Crippen LogP contribution in [-0.2, 0) is 18.4 Å². The predicted octanol–water partition coefficient (Wildman–Crippen LogP) is 8.38. The van der Waals surface area contributed by atoms with Crippen molar-refractivity contribution in [3.05, 3.63) is 76.7 Å². The molecule has 2 aromatic carbocycles. The molecule has 0 aliphatic heterocycles. The molecule has 0 N–H and O–H groups in total. The molecule has 3 aromatic rings. The first-order chi connectivity index (χ1) is 17.8. The summed E-state index contributed by atoms with van der Waals surface area (Å²) < 4.78 is 26.7. The van der Waals surface area contributed by atoms with Gasteiger partial charge in [-0.3, -0.25) is 0 Å². The number of nitrogens with zero attached hydrogens (tertiary/aromatic N) is 1. The maximum absolute atomic E-state index is 15.0. The number of ether oxygens (including phenoxy) is 2. The van der Waals surface area contributed by atoms with Gasteiger partial charge in [-0.2, -0.15) is 0 Å². The fourth-order valence-corrected chi connectivity index (χ4v) is 7.42. The minimum Gasteiger partial charge on any atom is -0.489 e. The lowest BCUT2D eigenvalue weighted by molar-refractivity contribution is 0.138. The molecule has 1 aromatic heterocycles. The Morgan fingerprint density at radius 3 is 2.57 bits per heavy atom. The number of hydrogen-bond acceptors (Lipinski definition) is 3. The average molecular weight is 500 g/mol. The molecule has 0 radical (unpaired) electrons. The third-order valence-corrected chi connectivity index (χ3v) is 9.91. The SMILES string of the molecule is COc1cc(-c2ccc(COc3ccc4c(c3)[C@]3(CC4)CC[C@@H]3C)cc2[C@@H]2CCCC2(C)C)c(F)cn1. The molecule has 2 saturated carbocycles. The van der Waals surface area contributed by atoms with Gasteiger partial charge in [-0.15, -0.1) is 0 Å². The molecular weight excluding hydrogens is 461 g/mol. The first kappa shape index (κ1) is 24.5. The number of aryl methyl sites for hydroxylation is 1. The molecule has 0 bridgehead atoms. The zero-order chi connectivity index (χ0) is 25.8. The molecule has 4 heteroatoms. The van der Waals surface area contributed by atoms with Crippen LogP contribution in [0.25, 0.3) is 11.1 Å². The second kappa shape index (κ2) is 9.15. The highest BCUT2D eigenvalue weighted by Crippen LogP contribution is 2.56. The Labute approximate surface area is 220 Å². The maximum Gasteiger partial charge on any atom is 0.213 e. The molecule has 194 valence electrons. The van der Waals surface area contributed by atoms with Gasteiger partial charge >= 0.3 is 0 Å². The molecule has 3 atom stereocenters. The number of halogens is 1. The van der Waals surface area contributed by atoms with Gasteiger partial charge in [0.05, 0.1) is 13.3 Å². The summed E-state index contributed by atoms with van der Waals surface area (Å²) in [5, 5.41) is 0. The fourth-order valence-electron chi connectivity index (χ4n) is 7.42. The van der Waals surface area contributed by atoms with Crippen LogP contribution in [-0.4, -0.2) is 12.1 Å². The van der Waals surface area contributed by atoms with Crippen LogP contribution >= 0.6 is 0 Å². The maximum atomic E-state index is 15.0. The van der Waals surface area contributed by atoms with Gasteiger partial charge in [-0.1, -0.05) is 51.5 Å². The summed E-state index contributed by atoms with van der Waals surface area (Å²) in [4.78, 5) is 4.05. The van der Waals surface area contributed by atoms with Crippen LogP contribution < -0.4 is 9.47 Å². The van der Waals surface area contributed by atoms with Crippen molar-refractivity contribution in [3.63, 3.8) is 0 Å². The third kappa shape index (κ3) is 4.13. The molecule has 0 unspecified atom stereocenters. The molecule has 0 amide bonds. The van der Waals surface area contributed by atoms with E-state index in [2.05, 4.69) is 62.2 Å². The van der Waals surface area contributed by atoms with Gasteiger partial charge in [-0.05, 0) is 101 Å². The second-order valence-electron chi connectivity index (χ2n) is 12.3. The van der Waals surface area contributed by atoms with Gasteiger partial charge in [0.1, 0.15) is 18.2 Å². The van der Waals surface area contributed by atoms with Crippen LogP contribution in [0.15, 0.2) is 48.7 Å². The minimum atomic E-state index is -0.320. The Bertz CT molecular complexity index is 1330. The summed E-state index contributed by atoms with van der Waals surface area (Å²) in [7, 11) is 1.57. The Kier molecular flexibility index (Phi) is 6.05. The van der Waals surface area contributed by atoms with Crippen molar-refractivity contribution in [2.45, 2.75) is 83.7 Å². The van der Waals surface area contributed by atoms with E-state index < -0.39 is 0 Å². The predicted molar refractivity (Wildman–Crippen MR) is 146 cm³/mol. The van der Waals surface area contributed by atoms with Crippen molar-refractivity contribution < 1.29 is 13.9 Å². The van der Waals surface area contributed by atoms with Crippen LogP contribution in [0.1, 0.15) is 87.5 Å². The van der Waals surface area contributed by atoms with Crippen molar-refractivity contribution in [2.75, 3.05) is 7.11 Å². The van der Waals surface area contributed by atoms with E-state index >= 15 is 4.39 Å². The van der Waals surface area contributed by atoms with E-state index in [0.29, 0.717) is 29.4 Å². The highest BCUT2D eigenvalue weighted by molar-refractivity contribution is 5.70. The van der Waals surface area contributed by atoms with Gasteiger partial charge in [0.25, 0.3) is 0 Å². The molecule has 1 spiro atoms. The van der Waals surface area contributed by atoms with Crippen molar-refractivity contribution >= 4 is 0 Å². The highest BCUT2D eigenvalue weighted by Gasteiger charge is 2.49. The van der Waals surface area contributed by atoms with E-state index in [9.17, 15) is 0 Å². The Hall–Kier alpha value is -2.88. The molecule has 37 heavy (non-hydrogen) atoms. The van der Waals surface area contributed by atoms with Crippen molar-refractivity contribution in [3.8, 4) is 22.8 Å². The number of hydrogen-bond donors (Lipinski definition) is 0. The highest BCUT2D eigenvalue weighted by atomic mass is 19.1. The molecule has 0 saturated heterocycles. The monoisotopic (exact) mass is 499 g/mol. The summed E-state index contributed by atoms with van der Waals surface area (Å²) in [6, 6.07) is 14.8. The largest absolute Gasteiger partial charge is 0.489 e. The number of methoxy groups -OCH3 is 1. The Morgan fingerprint density at radius 2 is 1.86 bits per heavy atom. The quantitative estimate of drug-likeness (QED) is 0.341. The Morgan fingerprint density at radius 1 is 1.00 bits per heavy atom. The molecule has 6 rings (SSSR count).